The van der Waals surface area contributed by atoms with Gasteiger partial charge in [-0.1, -0.05) is 61.5 Å². The maximum Gasteiger partial charge on any atom is 0.273 e. The summed E-state index contributed by atoms with van der Waals surface area (Å²) in [6.45, 7) is 7.55. The Morgan fingerprint density at radius 2 is 1.76 bits per heavy atom. The predicted octanol–water partition coefficient (Wildman–Crippen LogP) is 7.57. The topological polar surface area (TPSA) is 127 Å². The number of ether oxygens (including phenoxy) is 1. The standard InChI is InChI=1S/C34H32N4O5S2/c1-5-24-19-29-30(28(6-2)35-24)31(42-25-10-8-7-9-11-25)27(33(39)36-29)18-22-12-14-23(15-13-22)26-16-17-44-34(26)45(40,41)38-32-20(3)21(4)43-37-32/h7-17,19H,5-6,18H2,1-4H3,(H,36,39)(H,37,38). The SMILES string of the molecule is CCc1cc2[nH]c(=O)c(Cc3ccc(-c4ccsc4S(=O)(=O)Nc4noc(C)c4C)cc3)c(Oc3ccccc3)c2c(CC)n1. The van der Waals surface area contributed by atoms with Gasteiger partial charge in [-0.3, -0.25) is 14.5 Å². The zero-order chi connectivity index (χ0) is 31.7. The Labute approximate surface area is 265 Å². The molecule has 0 atom stereocenters. The fourth-order valence-corrected chi connectivity index (χ4v) is 7.64. The Bertz CT molecular complexity index is 2170. The van der Waals surface area contributed by atoms with E-state index in [9.17, 15) is 13.2 Å². The number of aryl methyl sites for hydroxylation is 3. The molecule has 0 fully saturated rings. The van der Waals surface area contributed by atoms with Gasteiger partial charge in [0.05, 0.1) is 22.2 Å². The molecule has 6 aromatic rings. The molecule has 0 aliphatic heterocycles. The second-order valence-electron chi connectivity index (χ2n) is 10.7. The lowest BCUT2D eigenvalue weighted by Gasteiger charge is -2.17. The monoisotopic (exact) mass is 640 g/mol. The number of hydrogen-bond donors (Lipinski definition) is 2. The Balaban J connectivity index is 1.36. The predicted molar refractivity (Wildman–Crippen MR) is 177 cm³/mol. The fraction of sp³-hybridized carbons (Fsp3) is 0.206. The van der Waals surface area contributed by atoms with Crippen molar-refractivity contribution in [3.63, 3.8) is 0 Å². The molecule has 0 aliphatic rings. The van der Waals surface area contributed by atoms with Crippen LogP contribution in [0.4, 0.5) is 5.82 Å². The number of benzene rings is 2. The molecular formula is C34H32N4O5S2. The Morgan fingerprint density at radius 3 is 2.42 bits per heavy atom. The van der Waals surface area contributed by atoms with Crippen LogP contribution in [-0.2, 0) is 29.3 Å². The van der Waals surface area contributed by atoms with E-state index in [2.05, 4.69) is 14.9 Å². The minimum Gasteiger partial charge on any atom is -0.456 e. The fourth-order valence-electron chi connectivity index (χ4n) is 5.19. The van der Waals surface area contributed by atoms with Crippen molar-refractivity contribution >= 4 is 38.1 Å². The number of anilines is 1. The number of aromatic amines is 1. The van der Waals surface area contributed by atoms with Crippen LogP contribution >= 0.6 is 11.3 Å². The quantitative estimate of drug-likeness (QED) is 0.158. The first-order valence-electron chi connectivity index (χ1n) is 14.6. The first-order chi connectivity index (χ1) is 21.7. The van der Waals surface area contributed by atoms with E-state index in [-0.39, 0.29) is 15.6 Å². The molecular weight excluding hydrogens is 609 g/mol. The molecule has 4 aromatic heterocycles. The zero-order valence-corrected chi connectivity index (χ0v) is 26.9. The number of hydrogen-bond acceptors (Lipinski definition) is 8. The zero-order valence-electron chi connectivity index (χ0n) is 25.3. The van der Waals surface area contributed by atoms with Crippen LogP contribution in [0.25, 0.3) is 22.0 Å². The highest BCUT2D eigenvalue weighted by atomic mass is 32.2. The van der Waals surface area contributed by atoms with Gasteiger partial charge in [0.2, 0.25) is 0 Å². The highest BCUT2D eigenvalue weighted by Crippen LogP contribution is 2.36. The number of rotatable bonds is 10. The van der Waals surface area contributed by atoms with E-state index in [0.717, 1.165) is 45.7 Å². The number of H-pyrrole nitrogens is 1. The van der Waals surface area contributed by atoms with E-state index in [1.807, 2.05) is 74.5 Å². The van der Waals surface area contributed by atoms with Crippen LogP contribution in [0.2, 0.25) is 0 Å². The molecule has 0 aliphatic carbocycles. The molecule has 45 heavy (non-hydrogen) atoms. The third kappa shape index (κ3) is 6.01. The normalized spacial score (nSPS) is 11.6. The van der Waals surface area contributed by atoms with Gasteiger partial charge in [0, 0.05) is 23.2 Å². The lowest BCUT2D eigenvalue weighted by atomic mass is 9.99. The summed E-state index contributed by atoms with van der Waals surface area (Å²) >= 11 is 1.13. The summed E-state index contributed by atoms with van der Waals surface area (Å²) in [5.41, 5.74) is 5.51. The molecule has 6 rings (SSSR count). The van der Waals surface area contributed by atoms with Crippen LogP contribution in [0.5, 0.6) is 11.5 Å². The first-order valence-corrected chi connectivity index (χ1v) is 17.0. The highest BCUT2D eigenvalue weighted by molar-refractivity contribution is 7.94. The van der Waals surface area contributed by atoms with Crippen LogP contribution in [0, 0.1) is 13.8 Å². The number of aromatic nitrogens is 3. The third-order valence-electron chi connectivity index (χ3n) is 7.74. The molecule has 2 N–H and O–H groups in total. The molecule has 0 saturated carbocycles. The average Bonchev–Trinajstić information content (AvgIpc) is 3.66. The van der Waals surface area contributed by atoms with Gasteiger partial charge in [0.25, 0.3) is 15.6 Å². The maximum atomic E-state index is 13.6. The number of para-hydroxylation sites is 1. The molecule has 0 amide bonds. The molecule has 0 unspecified atom stereocenters. The smallest absolute Gasteiger partial charge is 0.273 e. The summed E-state index contributed by atoms with van der Waals surface area (Å²) in [6, 6.07) is 20.6. The van der Waals surface area contributed by atoms with Gasteiger partial charge in [-0.05, 0) is 67.5 Å². The number of fused-ring (bicyclic) bond motifs is 1. The minimum absolute atomic E-state index is 0.170. The van der Waals surface area contributed by atoms with Gasteiger partial charge in [0.15, 0.2) is 5.82 Å². The van der Waals surface area contributed by atoms with Gasteiger partial charge < -0.3 is 14.2 Å². The second kappa shape index (κ2) is 12.3. The summed E-state index contributed by atoms with van der Waals surface area (Å²) < 4.78 is 40.9. The first kappa shape index (κ1) is 30.3. The third-order valence-corrected chi connectivity index (χ3v) is 10.6. The Hall–Kier alpha value is -4.74. The minimum atomic E-state index is -3.91. The summed E-state index contributed by atoms with van der Waals surface area (Å²) in [6.07, 6.45) is 1.72. The van der Waals surface area contributed by atoms with Gasteiger partial charge >= 0.3 is 0 Å². The molecule has 0 spiro atoms. The van der Waals surface area contributed by atoms with Crippen molar-refractivity contribution in [2.75, 3.05) is 4.72 Å². The lowest BCUT2D eigenvalue weighted by molar-refractivity contribution is 0.399. The van der Waals surface area contributed by atoms with Crippen molar-refractivity contribution in [3.8, 4) is 22.6 Å². The molecule has 2 aromatic carbocycles. The van der Waals surface area contributed by atoms with Crippen LogP contribution in [0.15, 0.2) is 85.6 Å². The maximum absolute atomic E-state index is 13.6. The Kier molecular flexibility index (Phi) is 8.30. The largest absolute Gasteiger partial charge is 0.456 e. The molecule has 0 radical (unpaired) electrons. The van der Waals surface area contributed by atoms with Crippen LogP contribution in [0.3, 0.4) is 0 Å². The summed E-state index contributed by atoms with van der Waals surface area (Å²) in [7, 11) is -3.91. The number of pyridine rings is 2. The van der Waals surface area contributed by atoms with Crippen molar-refractivity contribution in [1.82, 2.24) is 15.1 Å². The molecule has 9 nitrogen and oxygen atoms in total. The van der Waals surface area contributed by atoms with Crippen molar-refractivity contribution in [1.29, 1.82) is 0 Å². The van der Waals surface area contributed by atoms with Crippen LogP contribution in [-0.4, -0.2) is 23.5 Å². The van der Waals surface area contributed by atoms with E-state index < -0.39 is 10.0 Å². The van der Waals surface area contributed by atoms with Gasteiger partial charge in [-0.15, -0.1) is 11.3 Å². The second-order valence-corrected chi connectivity index (χ2v) is 13.5. The summed E-state index contributed by atoms with van der Waals surface area (Å²) in [5.74, 6) is 1.83. The molecule has 11 heteroatoms. The summed E-state index contributed by atoms with van der Waals surface area (Å²) in [4.78, 5) is 21.5. The van der Waals surface area contributed by atoms with E-state index in [4.69, 9.17) is 14.2 Å². The van der Waals surface area contributed by atoms with E-state index in [1.165, 1.54) is 0 Å². The van der Waals surface area contributed by atoms with Crippen molar-refractivity contribution in [3.05, 3.63) is 116 Å². The number of nitrogens with zero attached hydrogens (tertiary/aromatic N) is 2. The molecule has 0 saturated heterocycles. The van der Waals surface area contributed by atoms with Crippen molar-refractivity contribution in [2.24, 2.45) is 0 Å². The van der Waals surface area contributed by atoms with Crippen molar-refractivity contribution < 1.29 is 17.7 Å². The molecule has 4 heterocycles. The lowest BCUT2D eigenvalue weighted by Crippen LogP contribution is -2.16. The number of sulfonamides is 1. The number of thiophene rings is 1. The highest BCUT2D eigenvalue weighted by Gasteiger charge is 2.25. The average molecular weight is 641 g/mol. The van der Waals surface area contributed by atoms with Gasteiger partial charge in [-0.25, -0.2) is 8.42 Å². The number of nitrogens with one attached hydrogen (secondary N) is 2. The van der Waals surface area contributed by atoms with Crippen LogP contribution < -0.4 is 15.0 Å². The molecule has 230 valence electrons. The van der Waals surface area contributed by atoms with E-state index in [0.29, 0.717) is 52.3 Å². The van der Waals surface area contributed by atoms with Crippen molar-refractivity contribution in [2.45, 2.75) is 51.2 Å². The summed E-state index contributed by atoms with van der Waals surface area (Å²) in [5, 5.41) is 6.37. The Morgan fingerprint density at radius 1 is 1.00 bits per heavy atom. The molecule has 0 bridgehead atoms. The van der Waals surface area contributed by atoms with Crippen LogP contribution in [0.1, 0.15) is 47.7 Å². The van der Waals surface area contributed by atoms with Gasteiger partial charge in [0.1, 0.15) is 21.5 Å². The van der Waals surface area contributed by atoms with E-state index in [1.54, 1.807) is 25.3 Å². The van der Waals surface area contributed by atoms with Gasteiger partial charge in [-0.2, -0.15) is 0 Å². The van der Waals surface area contributed by atoms with E-state index >= 15 is 0 Å².